The van der Waals surface area contributed by atoms with Crippen LogP contribution in [0.15, 0.2) is 42.5 Å². The molecule has 0 spiro atoms. The van der Waals surface area contributed by atoms with E-state index in [2.05, 4.69) is 12.2 Å². The number of phenols is 1. The van der Waals surface area contributed by atoms with E-state index in [4.69, 9.17) is 9.47 Å². The van der Waals surface area contributed by atoms with Crippen molar-refractivity contribution >= 4 is 5.91 Å². The van der Waals surface area contributed by atoms with Crippen LogP contribution in [0.1, 0.15) is 56.7 Å². The Morgan fingerprint density at radius 1 is 1.14 bits per heavy atom. The number of hydrogen-bond donors (Lipinski definition) is 2. The van der Waals surface area contributed by atoms with Crippen LogP contribution in [0.4, 0.5) is 0 Å². The number of rotatable bonds is 11. The van der Waals surface area contributed by atoms with Crippen molar-refractivity contribution < 1.29 is 19.4 Å². The first kappa shape index (κ1) is 21.6. The summed E-state index contributed by atoms with van der Waals surface area (Å²) in [5.74, 6) is 1.56. The maximum absolute atomic E-state index is 12.3. The highest BCUT2D eigenvalue weighted by molar-refractivity contribution is 5.76. The summed E-state index contributed by atoms with van der Waals surface area (Å²) in [5.41, 5.74) is 1.73. The third kappa shape index (κ3) is 6.48. The fraction of sp³-hybridized carbons (Fsp3) is 0.435. The summed E-state index contributed by atoms with van der Waals surface area (Å²) >= 11 is 0. The van der Waals surface area contributed by atoms with Crippen LogP contribution in [0.25, 0.3) is 0 Å². The van der Waals surface area contributed by atoms with Gasteiger partial charge in [0, 0.05) is 6.42 Å². The molecule has 152 valence electrons. The van der Waals surface area contributed by atoms with Crippen molar-refractivity contribution in [2.45, 2.75) is 52.0 Å². The molecule has 1 atom stereocenters. The van der Waals surface area contributed by atoms with E-state index in [1.807, 2.05) is 37.3 Å². The molecule has 28 heavy (non-hydrogen) atoms. The number of nitrogens with one attached hydrogen (secondary N) is 1. The van der Waals surface area contributed by atoms with Crippen LogP contribution >= 0.6 is 0 Å². The SMILES string of the molecule is CCCCCOc1ccc(C(C)NC(=O)CCc2ccccc2O)cc1OC. The summed E-state index contributed by atoms with van der Waals surface area (Å²) in [6, 6.07) is 12.7. The second-order valence-electron chi connectivity index (χ2n) is 6.88. The van der Waals surface area contributed by atoms with Crippen LogP contribution in [0.2, 0.25) is 0 Å². The van der Waals surface area contributed by atoms with Crippen molar-refractivity contribution in [3.63, 3.8) is 0 Å². The molecular weight excluding hydrogens is 354 g/mol. The third-order valence-corrected chi connectivity index (χ3v) is 4.68. The Hall–Kier alpha value is -2.69. The van der Waals surface area contributed by atoms with Gasteiger partial charge in [0.1, 0.15) is 5.75 Å². The van der Waals surface area contributed by atoms with Crippen molar-refractivity contribution in [1.29, 1.82) is 0 Å². The molecule has 2 rings (SSSR count). The molecule has 0 heterocycles. The number of unbranched alkanes of at least 4 members (excludes halogenated alkanes) is 2. The monoisotopic (exact) mass is 385 g/mol. The third-order valence-electron chi connectivity index (χ3n) is 4.68. The van der Waals surface area contributed by atoms with Crippen LogP contribution in [0.5, 0.6) is 17.2 Å². The highest BCUT2D eigenvalue weighted by Crippen LogP contribution is 2.30. The molecule has 0 aromatic heterocycles. The Balaban J connectivity index is 1.90. The zero-order valence-corrected chi connectivity index (χ0v) is 17.0. The van der Waals surface area contributed by atoms with Gasteiger partial charge in [-0.3, -0.25) is 4.79 Å². The van der Waals surface area contributed by atoms with E-state index in [1.54, 1.807) is 19.2 Å². The van der Waals surface area contributed by atoms with E-state index in [-0.39, 0.29) is 17.7 Å². The minimum absolute atomic E-state index is 0.0605. The average Bonchev–Trinajstić information content (AvgIpc) is 2.70. The molecule has 0 bridgehead atoms. The fourth-order valence-electron chi connectivity index (χ4n) is 2.97. The standard InChI is InChI=1S/C23H31NO4/c1-4-5-8-15-28-21-13-11-19(16-22(21)27-3)17(2)24-23(26)14-12-18-9-6-7-10-20(18)25/h6-7,9-11,13,16-17,25H,4-5,8,12,14-15H2,1-3H3,(H,24,26). The highest BCUT2D eigenvalue weighted by atomic mass is 16.5. The number of benzene rings is 2. The lowest BCUT2D eigenvalue weighted by Crippen LogP contribution is -2.26. The number of aryl methyl sites for hydroxylation is 1. The lowest BCUT2D eigenvalue weighted by Gasteiger charge is -2.17. The number of methoxy groups -OCH3 is 1. The van der Waals surface area contributed by atoms with E-state index in [0.29, 0.717) is 25.2 Å². The second-order valence-corrected chi connectivity index (χ2v) is 6.88. The minimum atomic E-state index is -0.153. The molecule has 2 aromatic rings. The molecule has 1 unspecified atom stereocenters. The van der Waals surface area contributed by atoms with Crippen molar-refractivity contribution in [2.75, 3.05) is 13.7 Å². The number of phenolic OH excluding ortho intramolecular Hbond substituents is 1. The number of carbonyl (C=O) groups excluding carboxylic acids is 1. The molecule has 5 heteroatoms. The van der Waals surface area contributed by atoms with Gasteiger partial charge in [0.2, 0.25) is 5.91 Å². The summed E-state index contributed by atoms with van der Waals surface area (Å²) in [6.07, 6.45) is 4.13. The number of ether oxygens (including phenoxy) is 2. The molecular formula is C23H31NO4. The van der Waals surface area contributed by atoms with E-state index in [0.717, 1.165) is 36.1 Å². The highest BCUT2D eigenvalue weighted by Gasteiger charge is 2.13. The van der Waals surface area contributed by atoms with Gasteiger partial charge in [-0.2, -0.15) is 0 Å². The molecule has 5 nitrogen and oxygen atoms in total. The number of aromatic hydroxyl groups is 1. The Bertz CT molecular complexity index is 760. The summed E-state index contributed by atoms with van der Waals surface area (Å²) < 4.78 is 11.3. The topological polar surface area (TPSA) is 67.8 Å². The smallest absolute Gasteiger partial charge is 0.220 e. The first-order chi connectivity index (χ1) is 13.5. The van der Waals surface area contributed by atoms with E-state index >= 15 is 0 Å². The normalized spacial score (nSPS) is 11.7. The quantitative estimate of drug-likeness (QED) is 0.546. The van der Waals surface area contributed by atoms with Crippen molar-refractivity contribution in [2.24, 2.45) is 0 Å². The molecule has 0 saturated heterocycles. The van der Waals surface area contributed by atoms with Crippen LogP contribution in [-0.2, 0) is 11.2 Å². The van der Waals surface area contributed by atoms with Crippen LogP contribution in [0, 0.1) is 0 Å². The molecule has 0 aliphatic rings. The molecule has 0 aliphatic heterocycles. The number of carbonyl (C=O) groups is 1. The first-order valence-electron chi connectivity index (χ1n) is 9.92. The molecule has 0 fully saturated rings. The fourth-order valence-corrected chi connectivity index (χ4v) is 2.97. The average molecular weight is 386 g/mol. The number of hydrogen-bond acceptors (Lipinski definition) is 4. The number of amides is 1. The van der Waals surface area contributed by atoms with Gasteiger partial charge in [-0.1, -0.05) is 44.0 Å². The van der Waals surface area contributed by atoms with E-state index < -0.39 is 0 Å². The number of para-hydroxylation sites is 1. The van der Waals surface area contributed by atoms with Crippen LogP contribution < -0.4 is 14.8 Å². The van der Waals surface area contributed by atoms with Gasteiger partial charge in [0.25, 0.3) is 0 Å². The van der Waals surface area contributed by atoms with Gasteiger partial charge in [0.15, 0.2) is 11.5 Å². The predicted molar refractivity (Wildman–Crippen MR) is 111 cm³/mol. The zero-order chi connectivity index (χ0) is 20.4. The minimum Gasteiger partial charge on any atom is -0.508 e. The van der Waals surface area contributed by atoms with E-state index in [9.17, 15) is 9.90 Å². The predicted octanol–water partition coefficient (Wildman–Crippen LogP) is 4.78. The Morgan fingerprint density at radius 2 is 1.93 bits per heavy atom. The van der Waals surface area contributed by atoms with E-state index in [1.165, 1.54) is 0 Å². The summed E-state index contributed by atoms with van der Waals surface area (Å²) in [4.78, 5) is 12.3. The summed E-state index contributed by atoms with van der Waals surface area (Å²) in [5, 5.41) is 12.8. The Kier molecular flexibility index (Phi) is 8.66. The van der Waals surface area contributed by atoms with Gasteiger partial charge < -0.3 is 19.9 Å². The van der Waals surface area contributed by atoms with Gasteiger partial charge in [-0.25, -0.2) is 0 Å². The molecule has 0 radical (unpaired) electrons. The Morgan fingerprint density at radius 3 is 2.64 bits per heavy atom. The molecule has 0 aliphatic carbocycles. The lowest BCUT2D eigenvalue weighted by molar-refractivity contribution is -0.121. The first-order valence-corrected chi connectivity index (χ1v) is 9.92. The maximum Gasteiger partial charge on any atom is 0.220 e. The van der Waals surface area contributed by atoms with Crippen molar-refractivity contribution in [1.82, 2.24) is 5.32 Å². The van der Waals surface area contributed by atoms with Crippen molar-refractivity contribution in [3.05, 3.63) is 53.6 Å². The van der Waals surface area contributed by atoms with Gasteiger partial charge in [-0.15, -0.1) is 0 Å². The molecule has 2 N–H and O–H groups in total. The largest absolute Gasteiger partial charge is 0.508 e. The summed E-state index contributed by atoms with van der Waals surface area (Å²) in [7, 11) is 1.62. The zero-order valence-electron chi connectivity index (χ0n) is 17.0. The lowest BCUT2D eigenvalue weighted by atomic mass is 10.1. The molecule has 0 saturated carbocycles. The Labute approximate surface area is 167 Å². The molecule has 2 aromatic carbocycles. The second kappa shape index (κ2) is 11.2. The van der Waals surface area contributed by atoms with Gasteiger partial charge in [-0.05, 0) is 49.1 Å². The molecule has 1 amide bonds. The van der Waals surface area contributed by atoms with Crippen LogP contribution in [-0.4, -0.2) is 24.7 Å². The van der Waals surface area contributed by atoms with Crippen molar-refractivity contribution in [3.8, 4) is 17.2 Å². The summed E-state index contributed by atoms with van der Waals surface area (Å²) in [6.45, 7) is 4.77. The van der Waals surface area contributed by atoms with Gasteiger partial charge >= 0.3 is 0 Å². The van der Waals surface area contributed by atoms with Crippen LogP contribution in [0.3, 0.4) is 0 Å². The van der Waals surface area contributed by atoms with Gasteiger partial charge in [0.05, 0.1) is 19.8 Å². The maximum atomic E-state index is 12.3.